The third-order valence-electron chi connectivity index (χ3n) is 6.27. The molecule has 3 N–H and O–H groups in total. The number of amides is 1. The number of rotatable bonds is 5. The molecule has 1 aliphatic heterocycles. The van der Waals surface area contributed by atoms with Crippen LogP contribution in [-0.2, 0) is 4.79 Å². The predicted octanol–water partition coefficient (Wildman–Crippen LogP) is 3.22. The average molecular weight is 486 g/mol. The smallest absolute Gasteiger partial charge is 0.342 e. The molecule has 11 nitrogen and oxygen atoms in total. The summed E-state index contributed by atoms with van der Waals surface area (Å²) in [6, 6.07) is 4.93. The Hall–Kier alpha value is -4.03. The molecule has 2 aromatic heterocycles. The van der Waals surface area contributed by atoms with E-state index in [-0.39, 0.29) is 29.6 Å². The first-order valence-corrected chi connectivity index (χ1v) is 11.1. The van der Waals surface area contributed by atoms with E-state index in [0.717, 1.165) is 30.6 Å². The number of carbonyl (C=O) groups excluding carboxylic acids is 1. The summed E-state index contributed by atoms with van der Waals surface area (Å²) in [4.78, 5) is 23.8. The molecule has 1 aromatic carbocycles. The normalized spacial score (nSPS) is 17.9. The number of hydrogen-bond acceptors (Lipinski definition) is 10. The molecular formula is C22H24F2N8O3. The molecule has 0 atom stereocenters. The number of ether oxygens (including phenoxy) is 1. The van der Waals surface area contributed by atoms with E-state index >= 15 is 0 Å². The van der Waals surface area contributed by atoms with E-state index in [1.807, 2.05) is 0 Å². The van der Waals surface area contributed by atoms with Gasteiger partial charge in [-0.25, -0.2) is 4.98 Å². The molecule has 5 rings (SSSR count). The zero-order valence-electron chi connectivity index (χ0n) is 19.2. The zero-order chi connectivity index (χ0) is 24.7. The van der Waals surface area contributed by atoms with Crippen molar-refractivity contribution in [3.8, 4) is 17.2 Å². The van der Waals surface area contributed by atoms with Crippen LogP contribution in [0.25, 0.3) is 11.5 Å². The number of carbonyl (C=O) groups is 1. The van der Waals surface area contributed by atoms with Crippen molar-refractivity contribution in [2.24, 2.45) is 0 Å². The van der Waals surface area contributed by atoms with Crippen molar-refractivity contribution in [1.82, 2.24) is 20.2 Å². The van der Waals surface area contributed by atoms with Crippen molar-refractivity contribution < 1.29 is 22.7 Å². The molecule has 3 aromatic rings. The Kier molecular flexibility index (Phi) is 5.61. The molecular weight excluding hydrogens is 462 g/mol. The van der Waals surface area contributed by atoms with E-state index in [4.69, 9.17) is 14.9 Å². The zero-order valence-corrected chi connectivity index (χ0v) is 19.2. The summed E-state index contributed by atoms with van der Waals surface area (Å²) < 4.78 is 40.3. The summed E-state index contributed by atoms with van der Waals surface area (Å²) in [5.41, 5.74) is 6.86. The Morgan fingerprint density at radius 3 is 2.71 bits per heavy atom. The first-order chi connectivity index (χ1) is 16.8. The second-order valence-electron chi connectivity index (χ2n) is 8.52. The maximum absolute atomic E-state index is 14.8. The number of benzene rings is 1. The van der Waals surface area contributed by atoms with Gasteiger partial charge in [-0.3, -0.25) is 4.79 Å². The number of nitrogens with two attached hydrogens (primary N) is 1. The number of nitrogen functional groups attached to an aromatic ring is 1. The molecule has 0 bridgehead atoms. The topological polar surface area (TPSA) is 136 Å². The molecule has 0 unspecified atom stereocenters. The Labute approximate surface area is 199 Å². The summed E-state index contributed by atoms with van der Waals surface area (Å²) in [7, 11) is 2.81. The Morgan fingerprint density at radius 2 is 2.03 bits per heavy atom. The van der Waals surface area contributed by atoms with E-state index in [1.165, 1.54) is 20.4 Å². The number of alkyl halides is 2. The summed E-state index contributed by atoms with van der Waals surface area (Å²) in [6.07, 6.45) is 4.79. The molecule has 35 heavy (non-hydrogen) atoms. The highest BCUT2D eigenvalue weighted by atomic mass is 19.3. The lowest BCUT2D eigenvalue weighted by atomic mass is 10.2. The number of fused-ring (bicyclic) bond motifs is 1. The molecule has 3 heterocycles. The number of halogens is 2. The number of methoxy groups -OCH3 is 1. The minimum atomic E-state index is -3.54. The fraction of sp³-hybridized carbons (Fsp3) is 0.409. The van der Waals surface area contributed by atoms with Gasteiger partial charge in [0.2, 0.25) is 11.8 Å². The van der Waals surface area contributed by atoms with Crippen LogP contribution in [0.3, 0.4) is 0 Å². The van der Waals surface area contributed by atoms with Gasteiger partial charge in [0, 0.05) is 18.7 Å². The Bertz CT molecular complexity index is 1260. The van der Waals surface area contributed by atoms with E-state index < -0.39 is 18.4 Å². The third kappa shape index (κ3) is 4.17. The first-order valence-electron chi connectivity index (χ1n) is 11.1. The highest BCUT2D eigenvalue weighted by molar-refractivity contribution is 6.02. The van der Waals surface area contributed by atoms with Crippen LogP contribution in [0, 0.1) is 0 Å². The van der Waals surface area contributed by atoms with Crippen LogP contribution in [0.4, 0.5) is 37.9 Å². The summed E-state index contributed by atoms with van der Waals surface area (Å²) in [6.45, 7) is -0.727. The van der Waals surface area contributed by atoms with Gasteiger partial charge in [0.1, 0.15) is 11.4 Å². The maximum atomic E-state index is 14.8. The molecule has 1 fully saturated rings. The van der Waals surface area contributed by atoms with Crippen LogP contribution in [0.5, 0.6) is 5.75 Å². The van der Waals surface area contributed by atoms with Gasteiger partial charge < -0.3 is 30.0 Å². The molecule has 184 valence electrons. The second kappa shape index (κ2) is 8.64. The largest absolute Gasteiger partial charge is 0.495 e. The lowest BCUT2D eigenvalue weighted by Gasteiger charge is -2.31. The van der Waals surface area contributed by atoms with Gasteiger partial charge in [-0.1, -0.05) is 17.9 Å². The van der Waals surface area contributed by atoms with Crippen molar-refractivity contribution in [2.75, 3.05) is 41.6 Å². The monoisotopic (exact) mass is 486 g/mol. The van der Waals surface area contributed by atoms with Crippen molar-refractivity contribution in [1.29, 1.82) is 0 Å². The number of aromatic nitrogens is 4. The fourth-order valence-electron chi connectivity index (χ4n) is 4.50. The number of nitrogens with zero attached hydrogens (tertiary/aromatic N) is 6. The van der Waals surface area contributed by atoms with Crippen molar-refractivity contribution in [3.63, 3.8) is 0 Å². The number of nitrogens with one attached hydrogen (secondary N) is 1. The highest BCUT2D eigenvalue weighted by Crippen LogP contribution is 2.40. The van der Waals surface area contributed by atoms with Gasteiger partial charge in [0.15, 0.2) is 5.82 Å². The molecule has 1 amide bonds. The fourth-order valence-corrected chi connectivity index (χ4v) is 4.50. The van der Waals surface area contributed by atoms with Crippen LogP contribution in [0.15, 0.2) is 28.8 Å². The average Bonchev–Trinajstić information content (AvgIpc) is 3.52. The molecule has 0 saturated heterocycles. The summed E-state index contributed by atoms with van der Waals surface area (Å²) >= 11 is 0. The van der Waals surface area contributed by atoms with Gasteiger partial charge >= 0.3 is 11.9 Å². The van der Waals surface area contributed by atoms with Crippen molar-refractivity contribution >= 4 is 35.1 Å². The number of hydrogen-bond donors (Lipinski definition) is 2. The van der Waals surface area contributed by atoms with Gasteiger partial charge in [0.25, 0.3) is 5.91 Å². The standard InChI is InChI=1S/C22H24F2N8O3/c1-31-15-10-26-21(27-14-8-7-12(9-16(14)34-2)18-29-30-20(25)35-18)28-17(15)32(13-5-3-4-6-13)11-22(23,24)19(31)33/h7-10,13H,3-6,11H2,1-2H3,(H2,25,30)(H,26,27,28). The summed E-state index contributed by atoms with van der Waals surface area (Å²) in [5, 5.41) is 10.6. The SMILES string of the molecule is COc1cc(-c2nnc(N)o2)ccc1Nc1ncc2c(n1)N(C1CCCC1)CC(F)(F)C(=O)N2C. The Morgan fingerprint density at radius 1 is 1.26 bits per heavy atom. The van der Waals surface area contributed by atoms with E-state index in [1.54, 1.807) is 23.1 Å². The molecule has 2 aliphatic rings. The lowest BCUT2D eigenvalue weighted by molar-refractivity contribution is -0.140. The highest BCUT2D eigenvalue weighted by Gasteiger charge is 2.48. The van der Waals surface area contributed by atoms with Crippen molar-refractivity contribution in [2.45, 2.75) is 37.6 Å². The minimum Gasteiger partial charge on any atom is -0.495 e. The lowest BCUT2D eigenvalue weighted by Crippen LogP contribution is -2.48. The van der Waals surface area contributed by atoms with E-state index in [9.17, 15) is 13.6 Å². The quantitative estimate of drug-likeness (QED) is 0.553. The van der Waals surface area contributed by atoms with Gasteiger partial charge in [-0.05, 0) is 31.0 Å². The van der Waals surface area contributed by atoms with Crippen LogP contribution in [0.2, 0.25) is 0 Å². The second-order valence-corrected chi connectivity index (χ2v) is 8.52. The summed E-state index contributed by atoms with van der Waals surface area (Å²) in [5.74, 6) is -3.69. The van der Waals surface area contributed by atoms with Crippen LogP contribution < -0.4 is 25.6 Å². The van der Waals surface area contributed by atoms with Gasteiger partial charge in [0.05, 0.1) is 25.5 Å². The molecule has 0 radical (unpaired) electrons. The van der Waals surface area contributed by atoms with E-state index in [0.29, 0.717) is 22.8 Å². The van der Waals surface area contributed by atoms with Crippen LogP contribution in [0.1, 0.15) is 25.7 Å². The van der Waals surface area contributed by atoms with Gasteiger partial charge in [-0.2, -0.15) is 13.8 Å². The van der Waals surface area contributed by atoms with Crippen LogP contribution in [-0.4, -0.2) is 58.7 Å². The van der Waals surface area contributed by atoms with E-state index in [2.05, 4.69) is 25.5 Å². The minimum absolute atomic E-state index is 0.0552. The Balaban J connectivity index is 1.50. The van der Waals surface area contributed by atoms with Crippen molar-refractivity contribution in [3.05, 3.63) is 24.4 Å². The predicted molar refractivity (Wildman–Crippen MR) is 124 cm³/mol. The van der Waals surface area contributed by atoms with Gasteiger partial charge in [-0.15, -0.1) is 5.10 Å². The third-order valence-corrected chi connectivity index (χ3v) is 6.27. The maximum Gasteiger partial charge on any atom is 0.342 e. The molecule has 1 aliphatic carbocycles. The van der Waals surface area contributed by atoms with Crippen LogP contribution >= 0.6 is 0 Å². The molecule has 0 spiro atoms. The molecule has 1 saturated carbocycles. The first kappa shape index (κ1) is 22.7. The number of anilines is 5. The molecule has 13 heteroatoms.